The Kier molecular flexibility index (Phi) is 4.88. The van der Waals surface area contributed by atoms with E-state index in [0.29, 0.717) is 0 Å². The number of hydrogen-bond donors (Lipinski definition) is 1. The second kappa shape index (κ2) is 5.20. The van der Waals surface area contributed by atoms with Crippen molar-refractivity contribution in [3.63, 3.8) is 0 Å². The van der Waals surface area contributed by atoms with E-state index in [1.807, 2.05) is 0 Å². The van der Waals surface area contributed by atoms with Gasteiger partial charge in [-0.3, -0.25) is 4.79 Å². The topological polar surface area (TPSA) is 61.5 Å². The van der Waals surface area contributed by atoms with Gasteiger partial charge in [0.2, 0.25) is 0 Å². The van der Waals surface area contributed by atoms with Gasteiger partial charge in [0, 0.05) is 0 Å². The Morgan fingerprint density at radius 3 is 2.60 bits per heavy atom. The minimum absolute atomic E-state index is 0.0646. The fourth-order valence-corrected chi connectivity index (χ4v) is 0.464. The van der Waals surface area contributed by atoms with Crippen LogP contribution in [0.3, 0.4) is 0 Å². The summed E-state index contributed by atoms with van der Waals surface area (Å²) in [6.45, 7) is 3.80. The molecule has 0 aliphatic heterocycles. The number of rotatable bonds is 4. The summed E-state index contributed by atoms with van der Waals surface area (Å²) in [6.07, 6.45) is 0.152. The highest BCUT2D eigenvalue weighted by Crippen LogP contribution is 1.92. The van der Waals surface area contributed by atoms with E-state index in [2.05, 4.69) is 4.84 Å². The number of ether oxygens (including phenoxy) is 1. The first-order valence-corrected chi connectivity index (χ1v) is 3.18. The van der Waals surface area contributed by atoms with Crippen LogP contribution in [0.25, 0.3) is 0 Å². The van der Waals surface area contributed by atoms with Crippen molar-refractivity contribution in [1.82, 2.24) is 0 Å². The predicted molar refractivity (Wildman–Crippen MR) is 36.0 cm³/mol. The standard InChI is InChI=1S/C6H13NO3/c1-5(2)10-6(8)3-4-9-7/h5H,3-4,7H2,1-2H3. The van der Waals surface area contributed by atoms with Crippen LogP contribution >= 0.6 is 0 Å². The molecule has 10 heavy (non-hydrogen) atoms. The number of esters is 1. The Bertz CT molecular complexity index is 103. The normalized spacial score (nSPS) is 10.0. The summed E-state index contributed by atoms with van der Waals surface area (Å²) in [5.74, 6) is 4.42. The van der Waals surface area contributed by atoms with Crippen molar-refractivity contribution < 1.29 is 14.4 Å². The predicted octanol–water partition coefficient (Wildman–Crippen LogP) is 0.218. The zero-order valence-corrected chi connectivity index (χ0v) is 6.29. The van der Waals surface area contributed by atoms with Crippen LogP contribution < -0.4 is 5.90 Å². The van der Waals surface area contributed by atoms with Gasteiger partial charge in [-0.2, -0.15) is 0 Å². The van der Waals surface area contributed by atoms with Crippen molar-refractivity contribution in [2.24, 2.45) is 5.90 Å². The maximum absolute atomic E-state index is 10.7. The van der Waals surface area contributed by atoms with E-state index in [1.54, 1.807) is 13.8 Å². The Hall–Kier alpha value is -0.610. The summed E-state index contributed by atoms with van der Waals surface area (Å²) < 4.78 is 4.78. The van der Waals surface area contributed by atoms with Gasteiger partial charge in [-0.25, -0.2) is 5.90 Å². The van der Waals surface area contributed by atoms with E-state index in [0.717, 1.165) is 0 Å². The molecular weight excluding hydrogens is 134 g/mol. The summed E-state index contributed by atoms with van der Waals surface area (Å²) in [4.78, 5) is 14.8. The Labute approximate surface area is 60.2 Å². The minimum atomic E-state index is -0.277. The summed E-state index contributed by atoms with van der Waals surface area (Å²) in [5.41, 5.74) is 0. The van der Waals surface area contributed by atoms with Crippen LogP contribution in [0.5, 0.6) is 0 Å². The van der Waals surface area contributed by atoms with Crippen molar-refractivity contribution >= 4 is 5.97 Å². The highest BCUT2D eigenvalue weighted by atomic mass is 16.6. The monoisotopic (exact) mass is 147 g/mol. The smallest absolute Gasteiger partial charge is 0.308 e. The molecule has 0 heterocycles. The average Bonchev–Trinajstić information content (AvgIpc) is 1.82. The molecule has 0 bridgehead atoms. The third-order valence-corrected chi connectivity index (χ3v) is 0.791. The Morgan fingerprint density at radius 1 is 1.60 bits per heavy atom. The molecule has 0 rings (SSSR count). The zero-order chi connectivity index (χ0) is 7.98. The summed E-state index contributed by atoms with van der Waals surface area (Å²) in [6, 6.07) is 0. The molecule has 0 amide bonds. The van der Waals surface area contributed by atoms with E-state index >= 15 is 0 Å². The molecule has 0 unspecified atom stereocenters. The molecule has 0 aliphatic carbocycles. The molecule has 0 saturated carbocycles. The molecule has 60 valence electrons. The van der Waals surface area contributed by atoms with Crippen LogP contribution in [0.1, 0.15) is 20.3 Å². The third-order valence-electron chi connectivity index (χ3n) is 0.791. The quantitative estimate of drug-likeness (QED) is 0.456. The van der Waals surface area contributed by atoms with Gasteiger partial charge in [0.05, 0.1) is 19.1 Å². The van der Waals surface area contributed by atoms with E-state index in [9.17, 15) is 4.79 Å². The van der Waals surface area contributed by atoms with Gasteiger partial charge in [-0.05, 0) is 13.8 Å². The molecule has 0 aliphatic rings. The van der Waals surface area contributed by atoms with Gasteiger partial charge >= 0.3 is 5.97 Å². The fraction of sp³-hybridized carbons (Fsp3) is 0.833. The highest BCUT2D eigenvalue weighted by molar-refractivity contribution is 5.69. The lowest BCUT2D eigenvalue weighted by Gasteiger charge is -2.06. The maximum Gasteiger partial charge on any atom is 0.308 e. The van der Waals surface area contributed by atoms with E-state index in [1.165, 1.54) is 0 Å². The highest BCUT2D eigenvalue weighted by Gasteiger charge is 2.03. The largest absolute Gasteiger partial charge is 0.463 e. The average molecular weight is 147 g/mol. The zero-order valence-electron chi connectivity index (χ0n) is 6.29. The van der Waals surface area contributed by atoms with E-state index in [4.69, 9.17) is 10.6 Å². The van der Waals surface area contributed by atoms with Gasteiger partial charge in [0.1, 0.15) is 0 Å². The van der Waals surface area contributed by atoms with Crippen LogP contribution in [0.2, 0.25) is 0 Å². The second-order valence-corrected chi connectivity index (χ2v) is 2.16. The number of hydrogen-bond acceptors (Lipinski definition) is 4. The molecule has 0 spiro atoms. The summed E-state index contributed by atoms with van der Waals surface area (Å²) in [5, 5.41) is 0. The minimum Gasteiger partial charge on any atom is -0.463 e. The fourth-order valence-electron chi connectivity index (χ4n) is 0.464. The first-order valence-electron chi connectivity index (χ1n) is 3.18. The number of nitrogens with two attached hydrogens (primary N) is 1. The molecule has 0 saturated heterocycles. The summed E-state index contributed by atoms with van der Waals surface area (Å²) >= 11 is 0. The van der Waals surface area contributed by atoms with E-state index in [-0.39, 0.29) is 25.1 Å². The van der Waals surface area contributed by atoms with Crippen molar-refractivity contribution in [2.45, 2.75) is 26.4 Å². The van der Waals surface area contributed by atoms with Crippen LogP contribution in [-0.2, 0) is 14.4 Å². The number of carbonyl (C=O) groups is 1. The molecule has 4 nitrogen and oxygen atoms in total. The van der Waals surface area contributed by atoms with Gasteiger partial charge in [-0.1, -0.05) is 0 Å². The molecule has 0 radical (unpaired) electrons. The molecule has 2 N–H and O–H groups in total. The van der Waals surface area contributed by atoms with E-state index < -0.39 is 0 Å². The first kappa shape index (κ1) is 9.39. The molecular formula is C6H13NO3. The molecule has 0 aromatic carbocycles. The van der Waals surface area contributed by atoms with Gasteiger partial charge in [0.15, 0.2) is 0 Å². The third kappa shape index (κ3) is 5.53. The lowest BCUT2D eigenvalue weighted by molar-refractivity contribution is -0.148. The van der Waals surface area contributed by atoms with Gasteiger partial charge < -0.3 is 9.57 Å². The summed E-state index contributed by atoms with van der Waals surface area (Å²) in [7, 11) is 0. The van der Waals surface area contributed by atoms with Crippen LogP contribution in [0, 0.1) is 0 Å². The van der Waals surface area contributed by atoms with Crippen molar-refractivity contribution in [3.05, 3.63) is 0 Å². The van der Waals surface area contributed by atoms with Gasteiger partial charge in [0.25, 0.3) is 0 Å². The number of carbonyl (C=O) groups excluding carboxylic acids is 1. The lowest BCUT2D eigenvalue weighted by Crippen LogP contribution is -2.14. The SMILES string of the molecule is CC(C)OC(=O)CCON. The van der Waals surface area contributed by atoms with Gasteiger partial charge in [-0.15, -0.1) is 0 Å². The Morgan fingerprint density at radius 2 is 2.20 bits per heavy atom. The first-order chi connectivity index (χ1) is 4.66. The maximum atomic E-state index is 10.7. The van der Waals surface area contributed by atoms with Crippen molar-refractivity contribution in [2.75, 3.05) is 6.61 Å². The van der Waals surface area contributed by atoms with Crippen LogP contribution in [0.15, 0.2) is 0 Å². The van der Waals surface area contributed by atoms with Crippen LogP contribution in [0.4, 0.5) is 0 Å². The molecule has 0 aromatic heterocycles. The lowest BCUT2D eigenvalue weighted by atomic mass is 10.4. The Balaban J connectivity index is 3.26. The molecule has 0 atom stereocenters. The molecule has 0 aromatic rings. The molecule has 4 heteroatoms. The van der Waals surface area contributed by atoms with Crippen molar-refractivity contribution in [1.29, 1.82) is 0 Å². The molecule has 0 fully saturated rings. The second-order valence-electron chi connectivity index (χ2n) is 2.16. The van der Waals surface area contributed by atoms with Crippen LogP contribution in [-0.4, -0.2) is 18.7 Å². The van der Waals surface area contributed by atoms with Crippen molar-refractivity contribution in [3.8, 4) is 0 Å².